The quantitative estimate of drug-likeness (QED) is 0.324. The Morgan fingerprint density at radius 1 is 1.55 bits per heavy atom. The number of carbonyl (C=O) groups is 2. The Kier molecular flexibility index (Phi) is 4.76. The molecule has 0 aliphatic heterocycles. The van der Waals surface area contributed by atoms with Crippen molar-refractivity contribution in [3.8, 4) is 0 Å². The van der Waals surface area contributed by atoms with Crippen molar-refractivity contribution >= 4 is 11.9 Å². The zero-order chi connectivity index (χ0) is 8.69. The topological polar surface area (TPSA) is 75.6 Å². The van der Waals surface area contributed by atoms with Gasteiger partial charge in [0, 0.05) is 12.2 Å². The number of rotatable bonds is 4. The number of ether oxygens (including phenoxy) is 1. The van der Waals surface area contributed by atoms with Gasteiger partial charge in [0.25, 0.3) is 0 Å². The van der Waals surface area contributed by atoms with Gasteiger partial charge in [0.15, 0.2) is 0 Å². The van der Waals surface area contributed by atoms with E-state index in [1.165, 1.54) is 0 Å². The Morgan fingerprint density at radius 2 is 2.18 bits per heavy atom. The fourth-order valence-corrected chi connectivity index (χ4v) is 0.331. The van der Waals surface area contributed by atoms with Gasteiger partial charge in [-0.15, -0.1) is 0 Å². The van der Waals surface area contributed by atoms with E-state index in [9.17, 15) is 9.59 Å². The first-order valence-electron chi connectivity index (χ1n) is 2.89. The molecule has 0 aliphatic carbocycles. The van der Waals surface area contributed by atoms with Gasteiger partial charge in [-0.1, -0.05) is 0 Å². The average Bonchev–Trinajstić information content (AvgIpc) is 1.97. The van der Waals surface area contributed by atoms with Crippen LogP contribution in [0.15, 0.2) is 12.2 Å². The molecule has 0 rings (SSSR count). The maximum atomic E-state index is 10.5. The summed E-state index contributed by atoms with van der Waals surface area (Å²) >= 11 is 0. The lowest BCUT2D eigenvalue weighted by molar-refractivity contribution is -0.139. The van der Waals surface area contributed by atoms with Crippen molar-refractivity contribution in [2.75, 3.05) is 13.8 Å². The molecule has 2 N–H and O–H groups in total. The molecule has 62 valence electrons. The number of aliphatic carboxylic acids is 1. The van der Waals surface area contributed by atoms with Crippen LogP contribution in [0.3, 0.4) is 0 Å². The average molecular weight is 159 g/mol. The van der Waals surface area contributed by atoms with Crippen LogP contribution in [0, 0.1) is 0 Å². The zero-order valence-corrected chi connectivity index (χ0v) is 6.03. The van der Waals surface area contributed by atoms with Gasteiger partial charge in [-0.3, -0.25) is 5.32 Å². The lowest BCUT2D eigenvalue weighted by Gasteiger charge is -1.97. The molecule has 0 unspecified atom stereocenters. The van der Waals surface area contributed by atoms with E-state index in [4.69, 9.17) is 5.11 Å². The molecular weight excluding hydrogens is 150 g/mol. The summed E-state index contributed by atoms with van der Waals surface area (Å²) in [6, 6.07) is 0. The Morgan fingerprint density at radius 3 is 2.64 bits per heavy atom. The summed E-state index contributed by atoms with van der Waals surface area (Å²) in [4.78, 5) is 20.4. The molecule has 0 saturated carbocycles. The second kappa shape index (κ2) is 5.43. The highest BCUT2D eigenvalue weighted by molar-refractivity contribution is 5.90. The fourth-order valence-electron chi connectivity index (χ4n) is 0.331. The van der Waals surface area contributed by atoms with Gasteiger partial charge in [0.2, 0.25) is 0 Å². The molecule has 0 bridgehead atoms. The van der Waals surface area contributed by atoms with Gasteiger partial charge in [-0.2, -0.15) is 0 Å². The van der Waals surface area contributed by atoms with E-state index in [1.54, 1.807) is 7.05 Å². The highest BCUT2D eigenvalue weighted by Crippen LogP contribution is 1.79. The predicted octanol–water partition coefficient (Wildman–Crippen LogP) is -0.653. The molecule has 11 heavy (non-hydrogen) atoms. The molecule has 0 aliphatic rings. The molecule has 0 aromatic rings. The SMILES string of the molecule is CNCOC(=O)C=CC(=O)O. The number of carboxylic acids is 1. The molecule has 0 fully saturated rings. The van der Waals surface area contributed by atoms with Gasteiger partial charge >= 0.3 is 11.9 Å². The Bertz CT molecular complexity index is 175. The van der Waals surface area contributed by atoms with E-state index >= 15 is 0 Å². The normalized spacial score (nSPS) is 9.91. The van der Waals surface area contributed by atoms with Crippen LogP contribution in [0.25, 0.3) is 0 Å². The number of hydrogen-bond acceptors (Lipinski definition) is 4. The summed E-state index contributed by atoms with van der Waals surface area (Å²) in [6.07, 6.45) is 1.57. The van der Waals surface area contributed by atoms with E-state index in [0.29, 0.717) is 0 Å². The molecule has 0 saturated heterocycles. The molecule has 0 amide bonds. The molecule has 0 aromatic heterocycles. The minimum absolute atomic E-state index is 0.0722. The van der Waals surface area contributed by atoms with E-state index in [0.717, 1.165) is 12.2 Å². The summed E-state index contributed by atoms with van der Waals surface area (Å²) < 4.78 is 4.44. The van der Waals surface area contributed by atoms with Gasteiger partial charge in [0.05, 0.1) is 0 Å². The second-order valence-electron chi connectivity index (χ2n) is 1.63. The van der Waals surface area contributed by atoms with Crippen LogP contribution in [-0.4, -0.2) is 30.8 Å². The first kappa shape index (κ1) is 9.64. The molecule has 5 nitrogen and oxygen atoms in total. The lowest BCUT2D eigenvalue weighted by atomic mass is 10.5. The highest BCUT2D eigenvalue weighted by atomic mass is 16.5. The van der Waals surface area contributed by atoms with Crippen LogP contribution in [-0.2, 0) is 14.3 Å². The summed E-state index contributed by atoms with van der Waals surface area (Å²) in [5.41, 5.74) is 0. The first-order valence-corrected chi connectivity index (χ1v) is 2.89. The summed E-state index contributed by atoms with van der Waals surface area (Å²) in [5, 5.41) is 10.6. The third-order valence-electron chi connectivity index (χ3n) is 0.721. The minimum Gasteiger partial charge on any atom is -0.478 e. The first-order chi connectivity index (χ1) is 5.16. The van der Waals surface area contributed by atoms with E-state index in [-0.39, 0.29) is 6.73 Å². The number of carbonyl (C=O) groups excluding carboxylic acids is 1. The highest BCUT2D eigenvalue weighted by Gasteiger charge is 1.95. The van der Waals surface area contributed by atoms with Gasteiger partial charge in [0.1, 0.15) is 6.73 Å². The minimum atomic E-state index is -1.17. The molecule has 0 aromatic carbocycles. The summed E-state index contributed by atoms with van der Waals surface area (Å²) in [6.45, 7) is 0.0722. The smallest absolute Gasteiger partial charge is 0.332 e. The van der Waals surface area contributed by atoms with Crippen LogP contribution in [0.2, 0.25) is 0 Å². The lowest BCUT2D eigenvalue weighted by Crippen LogP contribution is -2.14. The molecule has 0 spiro atoms. The second-order valence-corrected chi connectivity index (χ2v) is 1.63. The van der Waals surface area contributed by atoms with Crippen molar-refractivity contribution in [2.24, 2.45) is 0 Å². The van der Waals surface area contributed by atoms with Crippen LogP contribution >= 0.6 is 0 Å². The number of nitrogens with one attached hydrogen (secondary N) is 1. The molecular formula is C6H9NO4. The Hall–Kier alpha value is -1.36. The van der Waals surface area contributed by atoms with Crippen molar-refractivity contribution in [3.05, 3.63) is 12.2 Å². The number of hydrogen-bond donors (Lipinski definition) is 2. The molecule has 5 heteroatoms. The maximum Gasteiger partial charge on any atom is 0.332 e. The number of esters is 1. The largest absolute Gasteiger partial charge is 0.478 e. The zero-order valence-electron chi connectivity index (χ0n) is 6.03. The van der Waals surface area contributed by atoms with Crippen molar-refractivity contribution in [1.82, 2.24) is 5.32 Å². The molecule has 0 radical (unpaired) electrons. The van der Waals surface area contributed by atoms with Crippen LogP contribution in [0.5, 0.6) is 0 Å². The molecule has 0 heterocycles. The van der Waals surface area contributed by atoms with Gasteiger partial charge < -0.3 is 9.84 Å². The predicted molar refractivity (Wildman–Crippen MR) is 36.8 cm³/mol. The van der Waals surface area contributed by atoms with Crippen LogP contribution in [0.1, 0.15) is 0 Å². The van der Waals surface area contributed by atoms with E-state index < -0.39 is 11.9 Å². The van der Waals surface area contributed by atoms with Gasteiger partial charge in [-0.25, -0.2) is 9.59 Å². The van der Waals surface area contributed by atoms with Crippen molar-refractivity contribution in [2.45, 2.75) is 0 Å². The van der Waals surface area contributed by atoms with Gasteiger partial charge in [-0.05, 0) is 7.05 Å². The standard InChI is InChI=1S/C6H9NO4/c1-7-4-11-6(10)3-2-5(8)9/h2-3,7H,4H2,1H3,(H,8,9). The van der Waals surface area contributed by atoms with E-state index in [1.807, 2.05) is 0 Å². The number of carboxylic acid groups (broad SMARTS) is 1. The maximum absolute atomic E-state index is 10.5. The Labute approximate surface area is 63.7 Å². The summed E-state index contributed by atoms with van der Waals surface area (Å²) in [5.74, 6) is -1.85. The molecule has 0 atom stereocenters. The monoisotopic (exact) mass is 159 g/mol. The van der Waals surface area contributed by atoms with Crippen LogP contribution < -0.4 is 5.32 Å². The van der Waals surface area contributed by atoms with Crippen LogP contribution in [0.4, 0.5) is 0 Å². The van der Waals surface area contributed by atoms with Crippen molar-refractivity contribution < 1.29 is 19.4 Å². The Balaban J connectivity index is 3.60. The third kappa shape index (κ3) is 6.53. The van der Waals surface area contributed by atoms with Crippen molar-refractivity contribution in [3.63, 3.8) is 0 Å². The third-order valence-corrected chi connectivity index (χ3v) is 0.721. The fraction of sp³-hybridized carbons (Fsp3) is 0.333. The summed E-state index contributed by atoms with van der Waals surface area (Å²) in [7, 11) is 1.61. The van der Waals surface area contributed by atoms with E-state index in [2.05, 4.69) is 10.1 Å². The van der Waals surface area contributed by atoms with Crippen molar-refractivity contribution in [1.29, 1.82) is 0 Å².